The molecule has 1 heterocycles. The minimum Gasteiger partial charge on any atom is -0.286 e. The van der Waals surface area contributed by atoms with E-state index in [1.165, 1.54) is 17.0 Å². The van der Waals surface area contributed by atoms with Gasteiger partial charge in [0.1, 0.15) is 0 Å². The zero-order chi connectivity index (χ0) is 12.3. The lowest BCUT2D eigenvalue weighted by Crippen LogP contribution is -2.24. The van der Waals surface area contributed by atoms with Crippen LogP contribution in [0.25, 0.3) is 16.2 Å². The first kappa shape index (κ1) is 11.8. The highest BCUT2D eigenvalue weighted by Crippen LogP contribution is 2.25. The molecule has 0 unspecified atom stereocenters. The van der Waals surface area contributed by atoms with Gasteiger partial charge in [0.25, 0.3) is 0 Å². The molecule has 1 aromatic heterocycles. The molecule has 0 saturated carbocycles. The van der Waals surface area contributed by atoms with Crippen molar-refractivity contribution in [3.63, 3.8) is 0 Å². The highest BCUT2D eigenvalue weighted by atomic mass is 32.1. The Balaban J connectivity index is 2.08. The molecule has 2 aromatic rings. The molecule has 0 bridgehead atoms. The van der Waals surface area contributed by atoms with E-state index in [2.05, 4.69) is 18.2 Å². The molecule has 0 saturated heterocycles. The molecule has 17 heavy (non-hydrogen) atoms. The highest BCUT2D eigenvalue weighted by Gasteiger charge is 2.01. The van der Waals surface area contributed by atoms with E-state index in [0.29, 0.717) is 5.06 Å². The summed E-state index contributed by atoms with van der Waals surface area (Å²) in [5.74, 6) is -0.356. The van der Waals surface area contributed by atoms with E-state index in [0.717, 1.165) is 4.88 Å². The minimum atomic E-state index is -0.356. The molecule has 3 nitrogen and oxygen atoms in total. The third-order valence-electron chi connectivity index (χ3n) is 2.37. The Kier molecular flexibility index (Phi) is 3.56. The summed E-state index contributed by atoms with van der Waals surface area (Å²) in [6.07, 6.45) is 3.68. The Labute approximate surface area is 104 Å². The van der Waals surface area contributed by atoms with E-state index in [4.69, 9.17) is 0 Å². The molecular formula is C13H13NO2S. The predicted octanol–water partition coefficient (Wildman–Crippen LogP) is 3.15. The Hall–Kier alpha value is -1.65. The van der Waals surface area contributed by atoms with Gasteiger partial charge in [-0.1, -0.05) is 24.3 Å². The fourth-order valence-electron chi connectivity index (χ4n) is 1.48. The van der Waals surface area contributed by atoms with Crippen LogP contribution in [-0.4, -0.2) is 22.7 Å². The number of benzene rings is 1. The van der Waals surface area contributed by atoms with E-state index in [1.807, 2.05) is 18.2 Å². The van der Waals surface area contributed by atoms with Crippen LogP contribution in [0.4, 0.5) is 0 Å². The molecule has 0 atom stereocenters. The molecule has 0 aliphatic rings. The van der Waals surface area contributed by atoms with Crippen molar-refractivity contribution in [2.45, 2.75) is 6.92 Å². The van der Waals surface area contributed by atoms with Gasteiger partial charge in [-0.2, -0.15) is 0 Å². The average Bonchev–Trinajstić information content (AvgIpc) is 2.71. The standard InChI is InChI=1S/C13H13NO2S/c1-10(15)14(16)8-4-6-12-9-11-5-2-3-7-13(11)17-12/h2-7,9,16H,8H2,1H3/b6-4+. The fraction of sp³-hybridized carbons (Fsp3) is 0.154. The van der Waals surface area contributed by atoms with Crippen molar-refractivity contribution < 1.29 is 10.0 Å². The number of rotatable bonds is 3. The van der Waals surface area contributed by atoms with E-state index in [1.54, 1.807) is 17.4 Å². The summed E-state index contributed by atoms with van der Waals surface area (Å²) in [6, 6.07) is 10.2. The molecule has 0 radical (unpaired) electrons. The maximum absolute atomic E-state index is 10.8. The van der Waals surface area contributed by atoms with Crippen LogP contribution < -0.4 is 0 Å². The molecular weight excluding hydrogens is 234 g/mol. The van der Waals surface area contributed by atoms with Crippen LogP contribution in [0.2, 0.25) is 0 Å². The second kappa shape index (κ2) is 5.12. The third kappa shape index (κ3) is 2.93. The van der Waals surface area contributed by atoms with Gasteiger partial charge in [0.05, 0.1) is 6.54 Å². The highest BCUT2D eigenvalue weighted by molar-refractivity contribution is 7.19. The van der Waals surface area contributed by atoms with Gasteiger partial charge in [0.2, 0.25) is 5.91 Å². The SMILES string of the molecule is CC(=O)N(O)C/C=C/c1cc2ccccc2s1. The second-order valence-electron chi connectivity index (χ2n) is 3.69. The summed E-state index contributed by atoms with van der Waals surface area (Å²) in [5, 5.41) is 11.1. The number of carbonyl (C=O) groups is 1. The second-order valence-corrected chi connectivity index (χ2v) is 4.81. The van der Waals surface area contributed by atoms with Crippen LogP contribution in [0, 0.1) is 0 Å². The lowest BCUT2D eigenvalue weighted by Gasteiger charge is -2.07. The van der Waals surface area contributed by atoms with E-state index in [-0.39, 0.29) is 12.5 Å². The average molecular weight is 247 g/mol. The van der Waals surface area contributed by atoms with Crippen LogP contribution >= 0.6 is 11.3 Å². The number of amides is 1. The van der Waals surface area contributed by atoms with Crippen molar-refractivity contribution in [3.05, 3.63) is 41.3 Å². The monoisotopic (exact) mass is 247 g/mol. The molecule has 0 aliphatic heterocycles. The van der Waals surface area contributed by atoms with Gasteiger partial charge in [-0.3, -0.25) is 10.0 Å². The van der Waals surface area contributed by atoms with Crippen molar-refractivity contribution in [3.8, 4) is 0 Å². The summed E-state index contributed by atoms with van der Waals surface area (Å²) in [4.78, 5) is 11.9. The number of hydroxylamine groups is 2. The molecule has 0 aliphatic carbocycles. The van der Waals surface area contributed by atoms with Crippen molar-refractivity contribution in [2.24, 2.45) is 0 Å². The van der Waals surface area contributed by atoms with Crippen molar-refractivity contribution in [1.29, 1.82) is 0 Å². The quantitative estimate of drug-likeness (QED) is 0.668. The van der Waals surface area contributed by atoms with Gasteiger partial charge in [-0.05, 0) is 23.6 Å². The Morgan fingerprint density at radius 2 is 2.24 bits per heavy atom. The van der Waals surface area contributed by atoms with Gasteiger partial charge in [-0.25, -0.2) is 5.06 Å². The van der Waals surface area contributed by atoms with Gasteiger partial charge < -0.3 is 0 Å². The van der Waals surface area contributed by atoms with Crippen molar-refractivity contribution in [2.75, 3.05) is 6.54 Å². The van der Waals surface area contributed by atoms with E-state index >= 15 is 0 Å². The van der Waals surface area contributed by atoms with Crippen molar-refractivity contribution in [1.82, 2.24) is 5.06 Å². The van der Waals surface area contributed by atoms with Crippen LogP contribution in [-0.2, 0) is 4.79 Å². The lowest BCUT2D eigenvalue weighted by atomic mass is 10.2. The fourth-order valence-corrected chi connectivity index (χ4v) is 2.48. The van der Waals surface area contributed by atoms with E-state index in [9.17, 15) is 10.0 Å². The molecule has 88 valence electrons. The zero-order valence-corrected chi connectivity index (χ0v) is 10.3. The first-order chi connectivity index (χ1) is 8.16. The predicted molar refractivity (Wildman–Crippen MR) is 70.0 cm³/mol. The number of carbonyl (C=O) groups excluding carboxylic acids is 1. The number of fused-ring (bicyclic) bond motifs is 1. The third-order valence-corrected chi connectivity index (χ3v) is 3.45. The summed E-state index contributed by atoms with van der Waals surface area (Å²) in [5.41, 5.74) is 0. The number of thiophene rings is 1. The topological polar surface area (TPSA) is 40.5 Å². The van der Waals surface area contributed by atoms with Crippen molar-refractivity contribution >= 4 is 33.4 Å². The number of hydrogen-bond acceptors (Lipinski definition) is 3. The smallest absolute Gasteiger partial charge is 0.243 e. The summed E-state index contributed by atoms with van der Waals surface area (Å²) < 4.78 is 1.24. The number of hydrogen-bond donors (Lipinski definition) is 1. The van der Waals surface area contributed by atoms with Crippen LogP contribution in [0.1, 0.15) is 11.8 Å². The van der Waals surface area contributed by atoms with Gasteiger partial charge >= 0.3 is 0 Å². The van der Waals surface area contributed by atoms with Crippen LogP contribution in [0.15, 0.2) is 36.4 Å². The summed E-state index contributed by atoms with van der Waals surface area (Å²) in [6.45, 7) is 1.54. The summed E-state index contributed by atoms with van der Waals surface area (Å²) in [7, 11) is 0. The molecule has 0 spiro atoms. The molecule has 1 amide bonds. The van der Waals surface area contributed by atoms with Gasteiger partial charge in [-0.15, -0.1) is 11.3 Å². The van der Waals surface area contributed by atoms with Crippen LogP contribution in [0.3, 0.4) is 0 Å². The number of nitrogens with zero attached hydrogens (tertiary/aromatic N) is 1. The molecule has 2 rings (SSSR count). The summed E-state index contributed by atoms with van der Waals surface area (Å²) >= 11 is 1.69. The normalized spacial score (nSPS) is 11.2. The Bertz CT molecular complexity index is 526. The maximum atomic E-state index is 10.8. The zero-order valence-electron chi connectivity index (χ0n) is 9.46. The molecule has 1 aromatic carbocycles. The largest absolute Gasteiger partial charge is 0.286 e. The minimum absolute atomic E-state index is 0.212. The Morgan fingerprint density at radius 3 is 2.94 bits per heavy atom. The first-order valence-corrected chi connectivity index (χ1v) is 6.10. The van der Waals surface area contributed by atoms with Gasteiger partial charge in [0, 0.05) is 16.5 Å². The van der Waals surface area contributed by atoms with Crippen LogP contribution in [0.5, 0.6) is 0 Å². The van der Waals surface area contributed by atoms with Gasteiger partial charge in [0.15, 0.2) is 0 Å². The maximum Gasteiger partial charge on any atom is 0.243 e. The Morgan fingerprint density at radius 1 is 1.47 bits per heavy atom. The first-order valence-electron chi connectivity index (χ1n) is 5.29. The molecule has 4 heteroatoms. The molecule has 0 fully saturated rings. The lowest BCUT2D eigenvalue weighted by molar-refractivity contribution is -0.160. The molecule has 1 N–H and O–H groups in total. The van der Waals surface area contributed by atoms with E-state index < -0.39 is 0 Å².